The summed E-state index contributed by atoms with van der Waals surface area (Å²) in [5.41, 5.74) is 0. The van der Waals surface area contributed by atoms with Gasteiger partial charge in [0.25, 0.3) is 0 Å². The molecule has 6 nitrogen and oxygen atoms in total. The van der Waals surface area contributed by atoms with E-state index in [1.807, 2.05) is 13.8 Å². The summed E-state index contributed by atoms with van der Waals surface area (Å²) < 4.78 is 4.56. The number of nitrogens with zero attached hydrogens (tertiary/aromatic N) is 3. The molecule has 0 fully saturated rings. The van der Waals surface area contributed by atoms with Crippen LogP contribution in [-0.4, -0.2) is 38.7 Å². The molecule has 0 spiro atoms. The average Bonchev–Trinajstić information content (AvgIpc) is 2.54. The van der Waals surface area contributed by atoms with Crippen molar-refractivity contribution >= 4 is 5.97 Å². The number of carbonyl (C=O) groups is 1. The number of carboxylic acid groups (broad SMARTS) is 1. The lowest BCUT2D eigenvalue weighted by Gasteiger charge is -2.22. The number of aromatic nitrogens is 2. The van der Waals surface area contributed by atoms with E-state index in [-0.39, 0.29) is 12.6 Å². The van der Waals surface area contributed by atoms with Crippen LogP contribution in [0.2, 0.25) is 0 Å². The Hall–Kier alpha value is -1.43. The van der Waals surface area contributed by atoms with E-state index in [0.29, 0.717) is 12.4 Å². The highest BCUT2D eigenvalue weighted by Crippen LogP contribution is 2.03. The molecule has 0 aliphatic heterocycles. The van der Waals surface area contributed by atoms with Crippen molar-refractivity contribution in [3.8, 4) is 0 Å². The van der Waals surface area contributed by atoms with Crippen LogP contribution in [0.25, 0.3) is 0 Å². The summed E-state index contributed by atoms with van der Waals surface area (Å²) in [5.74, 6) is -0.359. The van der Waals surface area contributed by atoms with Crippen molar-refractivity contribution in [2.45, 2.75) is 26.4 Å². The van der Waals surface area contributed by atoms with Crippen molar-refractivity contribution in [3.05, 3.63) is 12.2 Å². The Morgan fingerprint density at radius 2 is 2.43 bits per heavy atom. The van der Waals surface area contributed by atoms with E-state index in [2.05, 4.69) is 14.7 Å². The monoisotopic (exact) mass is 199 g/mol. The molecule has 6 heteroatoms. The quantitative estimate of drug-likeness (QED) is 0.737. The molecule has 1 aromatic heterocycles. The van der Waals surface area contributed by atoms with E-state index in [9.17, 15) is 4.79 Å². The van der Waals surface area contributed by atoms with Crippen molar-refractivity contribution < 1.29 is 14.4 Å². The molecule has 1 heterocycles. The van der Waals surface area contributed by atoms with E-state index in [0.717, 1.165) is 0 Å². The second-order valence-corrected chi connectivity index (χ2v) is 3.24. The van der Waals surface area contributed by atoms with Gasteiger partial charge in [0.15, 0.2) is 5.82 Å². The zero-order valence-corrected chi connectivity index (χ0v) is 8.17. The van der Waals surface area contributed by atoms with Crippen LogP contribution >= 0.6 is 0 Å². The van der Waals surface area contributed by atoms with Crippen LogP contribution in [0.4, 0.5) is 0 Å². The van der Waals surface area contributed by atoms with Gasteiger partial charge in [-0.2, -0.15) is 4.98 Å². The highest BCUT2D eigenvalue weighted by Gasteiger charge is 2.15. The minimum absolute atomic E-state index is 0.0216. The van der Waals surface area contributed by atoms with Gasteiger partial charge in [-0.05, 0) is 13.8 Å². The SMILES string of the molecule is CC(C)N(CC(=O)O)Cc1ncon1. The molecule has 0 radical (unpaired) electrons. The van der Waals surface area contributed by atoms with Crippen LogP contribution in [0, 0.1) is 0 Å². The fraction of sp³-hybridized carbons (Fsp3) is 0.625. The third-order valence-corrected chi connectivity index (χ3v) is 1.82. The number of carboxylic acids is 1. The molecule has 1 rings (SSSR count). The summed E-state index contributed by atoms with van der Waals surface area (Å²) in [6.07, 6.45) is 1.23. The molecule has 0 aromatic carbocycles. The van der Waals surface area contributed by atoms with Crippen molar-refractivity contribution in [3.63, 3.8) is 0 Å². The lowest BCUT2D eigenvalue weighted by atomic mass is 10.3. The summed E-state index contributed by atoms with van der Waals surface area (Å²) >= 11 is 0. The molecule has 0 bridgehead atoms. The van der Waals surface area contributed by atoms with Gasteiger partial charge >= 0.3 is 5.97 Å². The molecule has 0 saturated carbocycles. The third-order valence-electron chi connectivity index (χ3n) is 1.82. The topological polar surface area (TPSA) is 79.5 Å². The fourth-order valence-corrected chi connectivity index (χ4v) is 1.04. The number of aliphatic carboxylic acids is 1. The highest BCUT2D eigenvalue weighted by molar-refractivity contribution is 5.69. The molecule has 0 atom stereocenters. The zero-order chi connectivity index (χ0) is 10.6. The summed E-state index contributed by atoms with van der Waals surface area (Å²) in [5, 5.41) is 12.3. The van der Waals surface area contributed by atoms with Gasteiger partial charge in [0.1, 0.15) is 0 Å². The Labute approximate surface area is 81.5 Å². The molecule has 0 aliphatic carbocycles. The van der Waals surface area contributed by atoms with E-state index in [1.165, 1.54) is 6.39 Å². The summed E-state index contributed by atoms with van der Waals surface area (Å²) in [6, 6.07) is 0.129. The average molecular weight is 199 g/mol. The summed E-state index contributed by atoms with van der Waals surface area (Å²) in [4.78, 5) is 16.1. The van der Waals surface area contributed by atoms with Gasteiger partial charge in [0, 0.05) is 6.04 Å². The van der Waals surface area contributed by atoms with Gasteiger partial charge in [0.05, 0.1) is 13.1 Å². The molecule has 1 N–H and O–H groups in total. The first-order valence-electron chi connectivity index (χ1n) is 4.30. The van der Waals surface area contributed by atoms with Crippen molar-refractivity contribution in [2.24, 2.45) is 0 Å². The van der Waals surface area contributed by atoms with Gasteiger partial charge in [-0.3, -0.25) is 9.69 Å². The molecule has 78 valence electrons. The predicted molar refractivity (Wildman–Crippen MR) is 47.5 cm³/mol. The van der Waals surface area contributed by atoms with Crippen molar-refractivity contribution in [1.82, 2.24) is 15.0 Å². The largest absolute Gasteiger partial charge is 0.480 e. The number of hydrogen-bond acceptors (Lipinski definition) is 5. The first-order chi connectivity index (χ1) is 6.59. The smallest absolute Gasteiger partial charge is 0.317 e. The Kier molecular flexibility index (Phi) is 3.58. The third kappa shape index (κ3) is 3.14. The van der Waals surface area contributed by atoms with E-state index in [1.54, 1.807) is 4.90 Å². The van der Waals surface area contributed by atoms with Gasteiger partial charge in [0.2, 0.25) is 6.39 Å². The van der Waals surface area contributed by atoms with Crippen molar-refractivity contribution in [2.75, 3.05) is 6.54 Å². The maximum Gasteiger partial charge on any atom is 0.317 e. The van der Waals surface area contributed by atoms with Crippen molar-refractivity contribution in [1.29, 1.82) is 0 Å². The van der Waals surface area contributed by atoms with Gasteiger partial charge in [-0.25, -0.2) is 0 Å². The van der Waals surface area contributed by atoms with Gasteiger partial charge < -0.3 is 9.63 Å². The van der Waals surface area contributed by atoms with E-state index in [4.69, 9.17) is 5.11 Å². The van der Waals surface area contributed by atoms with E-state index >= 15 is 0 Å². The summed E-state index contributed by atoms with van der Waals surface area (Å²) in [7, 11) is 0. The highest BCUT2D eigenvalue weighted by atomic mass is 16.5. The molecule has 0 saturated heterocycles. The number of hydrogen-bond donors (Lipinski definition) is 1. The lowest BCUT2D eigenvalue weighted by Crippen LogP contribution is -2.35. The van der Waals surface area contributed by atoms with Crippen LogP contribution in [0.15, 0.2) is 10.9 Å². The first kappa shape index (κ1) is 10.6. The lowest BCUT2D eigenvalue weighted by molar-refractivity contribution is -0.139. The Balaban J connectivity index is 2.56. The molecular formula is C8H13N3O3. The van der Waals surface area contributed by atoms with Gasteiger partial charge in [-0.1, -0.05) is 5.16 Å². The minimum Gasteiger partial charge on any atom is -0.480 e. The van der Waals surface area contributed by atoms with Crippen LogP contribution in [0.5, 0.6) is 0 Å². The molecule has 0 amide bonds. The molecular weight excluding hydrogens is 186 g/mol. The molecule has 14 heavy (non-hydrogen) atoms. The Bertz CT molecular complexity index is 284. The molecule has 0 aliphatic rings. The fourth-order valence-electron chi connectivity index (χ4n) is 1.04. The maximum absolute atomic E-state index is 10.5. The molecule has 1 aromatic rings. The summed E-state index contributed by atoms with van der Waals surface area (Å²) in [6.45, 7) is 4.21. The van der Waals surface area contributed by atoms with Gasteiger partial charge in [-0.15, -0.1) is 0 Å². The van der Waals surface area contributed by atoms with E-state index < -0.39 is 5.97 Å². The minimum atomic E-state index is -0.859. The standard InChI is InChI=1S/C8H13N3O3/c1-6(2)11(4-8(12)13)3-7-9-5-14-10-7/h5-6H,3-4H2,1-2H3,(H,12,13). The van der Waals surface area contributed by atoms with Crippen LogP contribution < -0.4 is 0 Å². The maximum atomic E-state index is 10.5. The zero-order valence-electron chi connectivity index (χ0n) is 8.17. The normalized spacial score (nSPS) is 11.1. The number of rotatable bonds is 5. The molecule has 0 unspecified atom stereocenters. The van der Waals surface area contributed by atoms with Crippen LogP contribution in [0.1, 0.15) is 19.7 Å². The second kappa shape index (κ2) is 4.71. The second-order valence-electron chi connectivity index (χ2n) is 3.24. The van der Waals surface area contributed by atoms with Crippen LogP contribution in [-0.2, 0) is 11.3 Å². The Morgan fingerprint density at radius 3 is 2.86 bits per heavy atom. The van der Waals surface area contributed by atoms with Crippen LogP contribution in [0.3, 0.4) is 0 Å². The predicted octanol–water partition coefficient (Wildman–Crippen LogP) is 0.365. The first-order valence-corrected chi connectivity index (χ1v) is 4.30. The Morgan fingerprint density at radius 1 is 1.71 bits per heavy atom.